The Kier molecular flexibility index (Phi) is 7.84. The molecular formula is C10H15ClN2O. The zero-order valence-corrected chi connectivity index (χ0v) is 9.04. The second-order valence-corrected chi connectivity index (χ2v) is 2.71. The Morgan fingerprint density at radius 3 is 3.07 bits per heavy atom. The zero-order chi connectivity index (χ0) is 9.36. The van der Waals surface area contributed by atoms with Crippen LogP contribution < -0.4 is 0 Å². The Hall–Kier alpha value is -1.09. The molecule has 1 aromatic heterocycles. The van der Waals surface area contributed by atoms with Crippen molar-refractivity contribution in [2.45, 2.75) is 19.8 Å². The minimum absolute atomic E-state index is 0. The number of unbranched alkanes of at least 4 members (excludes halogenated alkanes) is 1. The van der Waals surface area contributed by atoms with Crippen LogP contribution in [-0.4, -0.2) is 17.8 Å². The van der Waals surface area contributed by atoms with Crippen LogP contribution in [0.5, 0.6) is 0 Å². The smallest absolute Gasteiger partial charge is 0.117 e. The molecule has 4 heteroatoms. The predicted octanol–water partition coefficient (Wildman–Crippen LogP) is 2.65. The van der Waals surface area contributed by atoms with E-state index in [2.05, 4.69) is 17.1 Å². The van der Waals surface area contributed by atoms with E-state index in [1.165, 1.54) is 0 Å². The lowest BCUT2D eigenvalue weighted by Crippen LogP contribution is -1.88. The van der Waals surface area contributed by atoms with Crippen molar-refractivity contribution in [3.05, 3.63) is 30.1 Å². The van der Waals surface area contributed by atoms with Crippen LogP contribution in [-0.2, 0) is 4.84 Å². The molecule has 0 aliphatic heterocycles. The van der Waals surface area contributed by atoms with Gasteiger partial charge in [0.25, 0.3) is 0 Å². The van der Waals surface area contributed by atoms with E-state index in [9.17, 15) is 0 Å². The molecule has 0 aromatic carbocycles. The van der Waals surface area contributed by atoms with Crippen molar-refractivity contribution in [3.8, 4) is 0 Å². The number of rotatable bonds is 5. The average molecular weight is 215 g/mol. The monoisotopic (exact) mass is 214 g/mol. The lowest BCUT2D eigenvalue weighted by molar-refractivity contribution is 0.143. The van der Waals surface area contributed by atoms with E-state index >= 15 is 0 Å². The highest BCUT2D eigenvalue weighted by Crippen LogP contribution is 1.92. The molecule has 0 saturated heterocycles. The first-order chi connectivity index (χ1) is 6.43. The summed E-state index contributed by atoms with van der Waals surface area (Å²) >= 11 is 0. The number of aromatic nitrogens is 1. The van der Waals surface area contributed by atoms with Gasteiger partial charge in [0.1, 0.15) is 6.61 Å². The Bertz CT molecular complexity index is 252. The molecular weight excluding hydrogens is 200 g/mol. The highest BCUT2D eigenvalue weighted by Gasteiger charge is 1.85. The van der Waals surface area contributed by atoms with Crippen molar-refractivity contribution in [1.82, 2.24) is 4.98 Å². The van der Waals surface area contributed by atoms with Crippen molar-refractivity contribution in [2.24, 2.45) is 5.16 Å². The van der Waals surface area contributed by atoms with E-state index in [0.717, 1.165) is 18.4 Å². The van der Waals surface area contributed by atoms with Gasteiger partial charge in [-0.1, -0.05) is 24.6 Å². The molecule has 78 valence electrons. The summed E-state index contributed by atoms with van der Waals surface area (Å²) in [4.78, 5) is 8.97. The molecule has 14 heavy (non-hydrogen) atoms. The van der Waals surface area contributed by atoms with Gasteiger partial charge in [0.15, 0.2) is 0 Å². The molecule has 0 radical (unpaired) electrons. The number of hydrogen-bond donors (Lipinski definition) is 0. The minimum atomic E-state index is 0. The first-order valence-corrected chi connectivity index (χ1v) is 4.49. The summed E-state index contributed by atoms with van der Waals surface area (Å²) in [7, 11) is 0. The fraction of sp³-hybridized carbons (Fsp3) is 0.400. The molecule has 0 fully saturated rings. The van der Waals surface area contributed by atoms with E-state index in [0.29, 0.717) is 6.61 Å². The molecule has 1 heterocycles. The van der Waals surface area contributed by atoms with E-state index in [1.807, 2.05) is 12.1 Å². The zero-order valence-electron chi connectivity index (χ0n) is 8.22. The number of oxime groups is 1. The highest BCUT2D eigenvalue weighted by atomic mass is 35.5. The number of pyridine rings is 1. The summed E-state index contributed by atoms with van der Waals surface area (Å²) in [6.45, 7) is 2.81. The second kappa shape index (κ2) is 8.51. The first kappa shape index (κ1) is 12.9. The van der Waals surface area contributed by atoms with Crippen LogP contribution >= 0.6 is 12.4 Å². The molecule has 0 bridgehead atoms. The van der Waals surface area contributed by atoms with E-state index in [-0.39, 0.29) is 12.4 Å². The van der Waals surface area contributed by atoms with Crippen LogP contribution in [0.1, 0.15) is 25.3 Å². The second-order valence-electron chi connectivity index (χ2n) is 2.71. The third-order valence-corrected chi connectivity index (χ3v) is 1.55. The van der Waals surface area contributed by atoms with E-state index in [4.69, 9.17) is 4.84 Å². The predicted molar refractivity (Wildman–Crippen MR) is 59.9 cm³/mol. The van der Waals surface area contributed by atoms with Crippen LogP contribution in [0.3, 0.4) is 0 Å². The Labute approximate surface area is 90.6 Å². The number of hydrogen-bond acceptors (Lipinski definition) is 3. The number of halogens is 1. The molecule has 0 spiro atoms. The quantitative estimate of drug-likeness (QED) is 0.429. The Morgan fingerprint density at radius 2 is 2.43 bits per heavy atom. The Balaban J connectivity index is 0.00000169. The van der Waals surface area contributed by atoms with Gasteiger partial charge in [-0.15, -0.1) is 12.4 Å². The van der Waals surface area contributed by atoms with Gasteiger partial charge in [-0.3, -0.25) is 4.98 Å². The normalized spacial score (nSPS) is 9.79. The summed E-state index contributed by atoms with van der Waals surface area (Å²) in [5.41, 5.74) is 0.957. The van der Waals surface area contributed by atoms with Crippen LogP contribution in [0.25, 0.3) is 0 Å². The Morgan fingerprint density at radius 1 is 1.57 bits per heavy atom. The van der Waals surface area contributed by atoms with Crippen molar-refractivity contribution in [1.29, 1.82) is 0 Å². The van der Waals surface area contributed by atoms with Crippen molar-refractivity contribution in [3.63, 3.8) is 0 Å². The van der Waals surface area contributed by atoms with Crippen LogP contribution in [0.2, 0.25) is 0 Å². The first-order valence-electron chi connectivity index (χ1n) is 4.49. The van der Waals surface area contributed by atoms with Gasteiger partial charge in [-0.25, -0.2) is 0 Å². The van der Waals surface area contributed by atoms with E-state index < -0.39 is 0 Å². The summed E-state index contributed by atoms with van der Waals surface area (Å²) in [5.74, 6) is 0. The van der Waals surface area contributed by atoms with Crippen molar-refractivity contribution >= 4 is 18.6 Å². The van der Waals surface area contributed by atoms with Crippen LogP contribution in [0.4, 0.5) is 0 Å². The van der Waals surface area contributed by atoms with Crippen molar-refractivity contribution < 1.29 is 4.84 Å². The maximum Gasteiger partial charge on any atom is 0.117 e. The topological polar surface area (TPSA) is 34.5 Å². The van der Waals surface area contributed by atoms with Gasteiger partial charge in [0.2, 0.25) is 0 Å². The maximum absolute atomic E-state index is 5.02. The van der Waals surface area contributed by atoms with Gasteiger partial charge < -0.3 is 4.84 Å². The number of nitrogens with zero attached hydrogens (tertiary/aromatic N) is 2. The SMILES string of the molecule is CCCCO/N=C/c1cccnc1.Cl. The molecule has 0 amide bonds. The summed E-state index contributed by atoms with van der Waals surface area (Å²) in [6.07, 6.45) is 7.32. The largest absolute Gasteiger partial charge is 0.396 e. The average Bonchev–Trinajstić information content (AvgIpc) is 2.19. The highest BCUT2D eigenvalue weighted by molar-refractivity contribution is 5.85. The summed E-state index contributed by atoms with van der Waals surface area (Å²) in [5, 5.41) is 3.81. The lowest BCUT2D eigenvalue weighted by Gasteiger charge is -1.95. The molecule has 1 aromatic rings. The van der Waals surface area contributed by atoms with Gasteiger partial charge >= 0.3 is 0 Å². The molecule has 0 N–H and O–H groups in total. The third-order valence-electron chi connectivity index (χ3n) is 1.55. The van der Waals surface area contributed by atoms with Gasteiger partial charge in [-0.05, 0) is 12.5 Å². The molecule has 3 nitrogen and oxygen atoms in total. The third kappa shape index (κ3) is 5.54. The van der Waals surface area contributed by atoms with E-state index in [1.54, 1.807) is 18.6 Å². The molecule has 0 aliphatic carbocycles. The fourth-order valence-electron chi connectivity index (χ4n) is 0.812. The minimum Gasteiger partial charge on any atom is -0.396 e. The van der Waals surface area contributed by atoms with Crippen molar-refractivity contribution in [2.75, 3.05) is 6.61 Å². The standard InChI is InChI=1S/C10H14N2O.ClH/c1-2-3-7-13-12-9-10-5-4-6-11-8-10;/h4-6,8-9H,2-3,7H2,1H3;1H/b12-9+;. The fourth-order valence-corrected chi connectivity index (χ4v) is 0.812. The molecule has 1 rings (SSSR count). The summed E-state index contributed by atoms with van der Waals surface area (Å²) < 4.78 is 0. The van der Waals surface area contributed by atoms with Crippen LogP contribution in [0.15, 0.2) is 29.7 Å². The lowest BCUT2D eigenvalue weighted by atomic mass is 10.3. The van der Waals surface area contributed by atoms with Crippen LogP contribution in [0, 0.1) is 0 Å². The summed E-state index contributed by atoms with van der Waals surface area (Å²) in [6, 6.07) is 3.80. The molecule has 0 unspecified atom stereocenters. The van der Waals surface area contributed by atoms with Gasteiger partial charge in [-0.2, -0.15) is 0 Å². The van der Waals surface area contributed by atoms with Gasteiger partial charge in [0.05, 0.1) is 6.21 Å². The molecule has 0 atom stereocenters. The molecule has 0 aliphatic rings. The maximum atomic E-state index is 5.02. The molecule has 0 saturated carbocycles. The van der Waals surface area contributed by atoms with Gasteiger partial charge in [0, 0.05) is 18.0 Å².